The van der Waals surface area contributed by atoms with Crippen LogP contribution in [0.5, 0.6) is 0 Å². The average molecular weight is 429 g/mol. The smallest absolute Gasteiger partial charge is 0.258 e. The van der Waals surface area contributed by atoms with Gasteiger partial charge in [-0.15, -0.1) is 0 Å². The maximum Gasteiger partial charge on any atom is 0.258 e. The van der Waals surface area contributed by atoms with Crippen molar-refractivity contribution in [3.63, 3.8) is 0 Å². The van der Waals surface area contributed by atoms with E-state index in [-0.39, 0.29) is 5.91 Å². The van der Waals surface area contributed by atoms with Gasteiger partial charge in [0.2, 0.25) is 0 Å². The Morgan fingerprint density at radius 3 is 2.48 bits per heavy atom. The van der Waals surface area contributed by atoms with Crippen molar-refractivity contribution in [1.29, 1.82) is 0 Å². The Kier molecular flexibility index (Phi) is 6.18. The van der Waals surface area contributed by atoms with Crippen LogP contribution in [0.15, 0.2) is 83.1 Å². The lowest BCUT2D eigenvalue weighted by Crippen LogP contribution is -2.13. The van der Waals surface area contributed by atoms with E-state index < -0.39 is 0 Å². The van der Waals surface area contributed by atoms with Crippen molar-refractivity contribution >= 4 is 23.4 Å². The molecule has 2 heterocycles. The molecular weight excluding hydrogens is 404 g/mol. The number of aromatic nitrogens is 3. The third kappa shape index (κ3) is 5.03. The van der Waals surface area contributed by atoms with Gasteiger partial charge in [-0.25, -0.2) is 9.97 Å². The molecule has 0 saturated carbocycles. The minimum atomic E-state index is -0.169. The largest absolute Gasteiger partial charge is 0.331 e. The van der Waals surface area contributed by atoms with Crippen LogP contribution >= 0.6 is 11.8 Å². The molecule has 156 valence electrons. The Morgan fingerprint density at radius 1 is 0.968 bits per heavy atom. The van der Waals surface area contributed by atoms with Crippen molar-refractivity contribution < 1.29 is 4.79 Å². The first-order valence-electron chi connectivity index (χ1n) is 10.1. The zero-order valence-corrected chi connectivity index (χ0v) is 18.6. The summed E-state index contributed by atoms with van der Waals surface area (Å²) in [4.78, 5) is 22.7. The summed E-state index contributed by atoms with van der Waals surface area (Å²) >= 11 is 1.50. The molecule has 1 amide bonds. The summed E-state index contributed by atoms with van der Waals surface area (Å²) < 4.78 is 2.08. The first-order chi connectivity index (χ1) is 15.0. The number of imidazole rings is 1. The molecule has 0 saturated heterocycles. The lowest BCUT2D eigenvalue weighted by atomic mass is 10.1. The molecule has 0 unspecified atom stereocenters. The van der Waals surface area contributed by atoms with Crippen LogP contribution in [0.1, 0.15) is 32.9 Å². The summed E-state index contributed by atoms with van der Waals surface area (Å²) in [6.07, 6.45) is 5.47. The predicted octanol–water partition coefficient (Wildman–Crippen LogP) is 5.66. The van der Waals surface area contributed by atoms with Gasteiger partial charge < -0.3 is 9.88 Å². The van der Waals surface area contributed by atoms with Gasteiger partial charge in [-0.2, -0.15) is 0 Å². The van der Waals surface area contributed by atoms with E-state index in [1.165, 1.54) is 22.9 Å². The van der Waals surface area contributed by atoms with Gasteiger partial charge in [0.1, 0.15) is 10.9 Å². The molecule has 6 heteroatoms. The number of anilines is 1. The number of carbonyl (C=O) groups excluding carboxylic acids is 1. The van der Waals surface area contributed by atoms with Crippen molar-refractivity contribution in [3.05, 3.63) is 101 Å². The van der Waals surface area contributed by atoms with Crippen LogP contribution in [0.25, 0.3) is 0 Å². The van der Waals surface area contributed by atoms with Gasteiger partial charge in [-0.1, -0.05) is 30.0 Å². The average Bonchev–Trinajstić information content (AvgIpc) is 3.17. The van der Waals surface area contributed by atoms with Gasteiger partial charge in [-0.3, -0.25) is 4.79 Å². The van der Waals surface area contributed by atoms with E-state index >= 15 is 0 Å². The molecule has 0 spiro atoms. The van der Waals surface area contributed by atoms with E-state index in [0.29, 0.717) is 10.6 Å². The van der Waals surface area contributed by atoms with E-state index in [9.17, 15) is 4.79 Å². The number of nitrogens with zero attached hydrogens (tertiary/aromatic N) is 3. The fourth-order valence-corrected chi connectivity index (χ4v) is 4.17. The fraction of sp³-hybridized carbons (Fsp3) is 0.160. The highest BCUT2D eigenvalue weighted by molar-refractivity contribution is 7.99. The van der Waals surface area contributed by atoms with Crippen LogP contribution in [0.4, 0.5) is 5.69 Å². The molecule has 0 bridgehead atoms. The van der Waals surface area contributed by atoms with Gasteiger partial charge >= 0.3 is 0 Å². The second-order valence-corrected chi connectivity index (χ2v) is 8.52. The molecule has 0 radical (unpaired) electrons. The molecule has 0 aliphatic rings. The predicted molar refractivity (Wildman–Crippen MR) is 125 cm³/mol. The lowest BCUT2D eigenvalue weighted by Gasteiger charge is -2.11. The number of aryl methyl sites for hydroxylation is 3. The van der Waals surface area contributed by atoms with Crippen molar-refractivity contribution in [1.82, 2.24) is 14.5 Å². The SMILES string of the molecule is Cc1ccc(Sc2ncccc2C(=O)Nc2ccc(Cn3ccnc3C)cc2)cc1C. The Labute approximate surface area is 186 Å². The number of benzene rings is 2. The first kappa shape index (κ1) is 20.9. The number of hydrogen-bond donors (Lipinski definition) is 1. The summed E-state index contributed by atoms with van der Waals surface area (Å²) in [5.74, 6) is 0.806. The second-order valence-electron chi connectivity index (χ2n) is 7.46. The zero-order valence-electron chi connectivity index (χ0n) is 17.8. The molecule has 2 aromatic heterocycles. The number of pyridine rings is 1. The Bertz CT molecular complexity index is 1210. The summed E-state index contributed by atoms with van der Waals surface area (Å²) in [7, 11) is 0. The normalized spacial score (nSPS) is 10.8. The first-order valence-corrected chi connectivity index (χ1v) is 10.9. The maximum absolute atomic E-state index is 13.0. The van der Waals surface area contributed by atoms with Crippen LogP contribution in [0.3, 0.4) is 0 Å². The van der Waals surface area contributed by atoms with Crippen LogP contribution in [0.2, 0.25) is 0 Å². The Hall–Kier alpha value is -3.38. The zero-order chi connectivity index (χ0) is 21.8. The summed E-state index contributed by atoms with van der Waals surface area (Å²) in [6.45, 7) is 6.91. The number of hydrogen-bond acceptors (Lipinski definition) is 4. The van der Waals surface area contributed by atoms with Crippen LogP contribution in [0, 0.1) is 20.8 Å². The molecule has 0 fully saturated rings. The topological polar surface area (TPSA) is 59.8 Å². The molecule has 0 aliphatic carbocycles. The van der Waals surface area contributed by atoms with Crippen LogP contribution in [-0.4, -0.2) is 20.4 Å². The van der Waals surface area contributed by atoms with Crippen molar-refractivity contribution in [3.8, 4) is 0 Å². The third-order valence-electron chi connectivity index (χ3n) is 5.20. The number of amides is 1. The molecule has 0 aliphatic heterocycles. The number of nitrogens with one attached hydrogen (secondary N) is 1. The van der Waals surface area contributed by atoms with Crippen molar-refractivity contribution in [2.75, 3.05) is 5.32 Å². The third-order valence-corrected chi connectivity index (χ3v) is 6.21. The molecule has 0 atom stereocenters. The molecule has 31 heavy (non-hydrogen) atoms. The van der Waals surface area contributed by atoms with E-state index in [1.54, 1.807) is 18.5 Å². The van der Waals surface area contributed by atoms with Gasteiger partial charge in [0.15, 0.2) is 0 Å². The van der Waals surface area contributed by atoms with Gasteiger partial charge in [0, 0.05) is 35.7 Å². The summed E-state index contributed by atoms with van der Waals surface area (Å²) in [6, 6.07) is 17.7. The quantitative estimate of drug-likeness (QED) is 0.431. The second kappa shape index (κ2) is 9.18. The minimum Gasteiger partial charge on any atom is -0.331 e. The Morgan fingerprint density at radius 2 is 1.77 bits per heavy atom. The molecule has 2 aromatic carbocycles. The van der Waals surface area contributed by atoms with Crippen molar-refractivity contribution in [2.45, 2.75) is 37.2 Å². The van der Waals surface area contributed by atoms with Crippen LogP contribution < -0.4 is 5.32 Å². The molecule has 1 N–H and O–H groups in total. The van der Waals surface area contributed by atoms with E-state index in [2.05, 4.69) is 51.9 Å². The highest BCUT2D eigenvalue weighted by Gasteiger charge is 2.14. The molecule has 4 aromatic rings. The molecular formula is C25H24N4OS. The fourth-order valence-electron chi connectivity index (χ4n) is 3.19. The van der Waals surface area contributed by atoms with Gasteiger partial charge in [0.25, 0.3) is 5.91 Å². The number of rotatable bonds is 6. The van der Waals surface area contributed by atoms with Crippen LogP contribution in [-0.2, 0) is 6.54 Å². The highest BCUT2D eigenvalue weighted by atomic mass is 32.2. The minimum absolute atomic E-state index is 0.169. The number of carbonyl (C=O) groups is 1. The van der Waals surface area contributed by atoms with E-state index in [4.69, 9.17) is 0 Å². The lowest BCUT2D eigenvalue weighted by molar-refractivity contribution is 0.102. The van der Waals surface area contributed by atoms with Gasteiger partial charge in [0.05, 0.1) is 5.56 Å². The molecule has 4 rings (SSSR count). The Balaban J connectivity index is 1.47. The maximum atomic E-state index is 13.0. The van der Waals surface area contributed by atoms with Crippen molar-refractivity contribution in [2.24, 2.45) is 0 Å². The summed E-state index contributed by atoms with van der Waals surface area (Å²) in [5.41, 5.74) is 4.92. The highest BCUT2D eigenvalue weighted by Crippen LogP contribution is 2.30. The monoisotopic (exact) mass is 428 g/mol. The van der Waals surface area contributed by atoms with E-state index in [1.807, 2.05) is 43.5 Å². The van der Waals surface area contributed by atoms with Gasteiger partial charge in [-0.05, 0) is 73.9 Å². The van der Waals surface area contributed by atoms with E-state index in [0.717, 1.165) is 28.5 Å². The molecule has 5 nitrogen and oxygen atoms in total. The summed E-state index contributed by atoms with van der Waals surface area (Å²) in [5, 5.41) is 3.68. The standard InChI is InChI=1S/C25H24N4OS/c1-17-6-11-22(15-18(17)2)31-25-23(5-4-12-27-25)24(30)28-21-9-7-20(8-10-21)16-29-14-13-26-19(29)3/h4-15H,16H2,1-3H3,(H,28,30).